The first-order valence-electron chi connectivity index (χ1n) is 8.64. The van der Waals surface area contributed by atoms with Crippen LogP contribution in [0.15, 0.2) is 4.99 Å². The van der Waals surface area contributed by atoms with Crippen molar-refractivity contribution in [1.29, 1.82) is 0 Å². The normalized spacial score (nSPS) is 27.7. The van der Waals surface area contributed by atoms with Gasteiger partial charge >= 0.3 is 0 Å². The molecule has 3 unspecified atom stereocenters. The Kier molecular flexibility index (Phi) is 9.19. The molecule has 2 aliphatic rings. The van der Waals surface area contributed by atoms with Gasteiger partial charge in [-0.15, -0.1) is 24.0 Å². The van der Waals surface area contributed by atoms with Crippen LogP contribution < -0.4 is 10.6 Å². The molecular weight excluding hydrogens is 407 g/mol. The highest BCUT2D eigenvalue weighted by molar-refractivity contribution is 14.0. The van der Waals surface area contributed by atoms with Crippen molar-refractivity contribution in [2.45, 2.75) is 58.1 Å². The number of guanidine groups is 1. The number of amides is 1. The fourth-order valence-electron chi connectivity index (χ4n) is 3.28. The molecule has 1 saturated heterocycles. The van der Waals surface area contributed by atoms with E-state index in [-0.39, 0.29) is 47.9 Å². The summed E-state index contributed by atoms with van der Waals surface area (Å²) in [6.07, 6.45) is 4.40. The second-order valence-corrected chi connectivity index (χ2v) is 6.30. The summed E-state index contributed by atoms with van der Waals surface area (Å²) in [7, 11) is 0. The van der Waals surface area contributed by atoms with E-state index in [0.717, 1.165) is 51.3 Å². The molecule has 1 amide bonds. The van der Waals surface area contributed by atoms with Crippen LogP contribution in [0, 0.1) is 5.92 Å². The summed E-state index contributed by atoms with van der Waals surface area (Å²) in [5.41, 5.74) is 0. The van der Waals surface area contributed by atoms with Crippen molar-refractivity contribution in [3.63, 3.8) is 0 Å². The van der Waals surface area contributed by atoms with E-state index < -0.39 is 0 Å². The SMILES string of the molecule is CCNC(=NCC1CCCC1O)NC1CCN(C(=O)CC)C1.I. The van der Waals surface area contributed by atoms with Crippen LogP contribution in [-0.2, 0) is 4.79 Å². The maximum atomic E-state index is 11.7. The quantitative estimate of drug-likeness (QED) is 0.344. The molecule has 1 saturated carbocycles. The van der Waals surface area contributed by atoms with Crippen molar-refractivity contribution in [3.8, 4) is 0 Å². The number of likely N-dealkylation sites (tertiary alicyclic amines) is 1. The van der Waals surface area contributed by atoms with Crippen LogP contribution in [0.2, 0.25) is 0 Å². The number of halogens is 1. The molecule has 0 aromatic carbocycles. The first kappa shape index (κ1) is 20.5. The predicted molar refractivity (Wildman–Crippen MR) is 103 cm³/mol. The number of nitrogens with zero attached hydrogens (tertiary/aromatic N) is 2. The molecule has 1 heterocycles. The summed E-state index contributed by atoms with van der Waals surface area (Å²) in [4.78, 5) is 18.3. The van der Waals surface area contributed by atoms with Gasteiger partial charge in [0.25, 0.3) is 0 Å². The lowest BCUT2D eigenvalue weighted by molar-refractivity contribution is -0.129. The highest BCUT2D eigenvalue weighted by Gasteiger charge is 2.27. The number of carbonyl (C=O) groups is 1. The zero-order chi connectivity index (χ0) is 15.9. The van der Waals surface area contributed by atoms with Gasteiger partial charge in [-0.3, -0.25) is 9.79 Å². The zero-order valence-corrected chi connectivity index (χ0v) is 16.6. The Balaban J connectivity index is 0.00000264. The Morgan fingerprint density at radius 3 is 2.70 bits per heavy atom. The van der Waals surface area contributed by atoms with Crippen LogP contribution in [0.4, 0.5) is 0 Å². The van der Waals surface area contributed by atoms with Crippen LogP contribution in [0.25, 0.3) is 0 Å². The maximum Gasteiger partial charge on any atom is 0.222 e. The minimum atomic E-state index is -0.198. The summed E-state index contributed by atoms with van der Waals surface area (Å²) < 4.78 is 0. The van der Waals surface area contributed by atoms with Gasteiger partial charge in [0.1, 0.15) is 0 Å². The van der Waals surface area contributed by atoms with Crippen molar-refractivity contribution in [1.82, 2.24) is 15.5 Å². The van der Waals surface area contributed by atoms with Gasteiger partial charge < -0.3 is 20.6 Å². The van der Waals surface area contributed by atoms with E-state index in [1.807, 2.05) is 18.7 Å². The van der Waals surface area contributed by atoms with Crippen molar-refractivity contribution < 1.29 is 9.90 Å². The molecule has 0 spiro atoms. The van der Waals surface area contributed by atoms with Crippen molar-refractivity contribution in [2.24, 2.45) is 10.9 Å². The molecule has 0 aromatic heterocycles. The Hall–Kier alpha value is -0.570. The summed E-state index contributed by atoms with van der Waals surface area (Å²) in [5.74, 6) is 1.31. The fourth-order valence-corrected chi connectivity index (χ4v) is 3.28. The lowest BCUT2D eigenvalue weighted by Gasteiger charge is -2.19. The number of aliphatic hydroxyl groups is 1. The average Bonchev–Trinajstić information content (AvgIpc) is 3.13. The zero-order valence-electron chi connectivity index (χ0n) is 14.3. The molecule has 0 bridgehead atoms. The molecule has 2 rings (SSSR count). The third-order valence-corrected chi connectivity index (χ3v) is 4.63. The number of hydrogen-bond acceptors (Lipinski definition) is 3. The number of carbonyl (C=O) groups excluding carboxylic acids is 1. The Morgan fingerprint density at radius 1 is 1.30 bits per heavy atom. The smallest absolute Gasteiger partial charge is 0.222 e. The number of nitrogens with one attached hydrogen (secondary N) is 2. The van der Waals surface area contributed by atoms with Gasteiger partial charge in [-0.2, -0.15) is 0 Å². The molecule has 1 aliphatic carbocycles. The predicted octanol–water partition coefficient (Wildman–Crippen LogP) is 1.33. The molecule has 2 fully saturated rings. The van der Waals surface area contributed by atoms with Gasteiger partial charge in [-0.1, -0.05) is 13.3 Å². The van der Waals surface area contributed by atoms with Gasteiger partial charge in [0.15, 0.2) is 5.96 Å². The van der Waals surface area contributed by atoms with E-state index in [0.29, 0.717) is 13.0 Å². The molecule has 134 valence electrons. The van der Waals surface area contributed by atoms with Crippen molar-refractivity contribution in [2.75, 3.05) is 26.2 Å². The number of hydrogen-bond donors (Lipinski definition) is 3. The minimum Gasteiger partial charge on any atom is -0.393 e. The average molecular weight is 438 g/mol. The summed E-state index contributed by atoms with van der Waals surface area (Å²) in [6.45, 7) is 7.00. The number of aliphatic imine (C=N–C) groups is 1. The standard InChI is InChI=1S/C16H30N4O2.HI/c1-3-15(22)20-9-8-13(11-20)19-16(17-4-2)18-10-12-6-5-7-14(12)21;/h12-14,21H,3-11H2,1-2H3,(H2,17,18,19);1H. The Labute approximate surface area is 156 Å². The van der Waals surface area contributed by atoms with E-state index >= 15 is 0 Å². The van der Waals surface area contributed by atoms with E-state index in [9.17, 15) is 9.90 Å². The van der Waals surface area contributed by atoms with Crippen LogP contribution >= 0.6 is 24.0 Å². The van der Waals surface area contributed by atoms with Crippen LogP contribution in [0.1, 0.15) is 46.0 Å². The van der Waals surface area contributed by atoms with Crippen LogP contribution in [-0.4, -0.2) is 60.2 Å². The molecule has 7 heteroatoms. The lowest BCUT2D eigenvalue weighted by Crippen LogP contribution is -2.45. The molecule has 3 atom stereocenters. The Morgan fingerprint density at radius 2 is 2.09 bits per heavy atom. The topological polar surface area (TPSA) is 77.0 Å². The second kappa shape index (κ2) is 10.3. The van der Waals surface area contributed by atoms with Gasteiger partial charge in [0, 0.05) is 44.6 Å². The van der Waals surface area contributed by atoms with Gasteiger partial charge in [-0.25, -0.2) is 0 Å². The molecule has 0 radical (unpaired) electrons. The Bertz CT molecular complexity index is 406. The highest BCUT2D eigenvalue weighted by atomic mass is 127. The summed E-state index contributed by atoms with van der Waals surface area (Å²) >= 11 is 0. The monoisotopic (exact) mass is 438 g/mol. The van der Waals surface area contributed by atoms with E-state index in [1.54, 1.807) is 0 Å². The molecule has 1 aliphatic heterocycles. The molecule has 3 N–H and O–H groups in total. The second-order valence-electron chi connectivity index (χ2n) is 6.30. The maximum absolute atomic E-state index is 11.7. The summed E-state index contributed by atoms with van der Waals surface area (Å²) in [6, 6.07) is 0.266. The summed E-state index contributed by atoms with van der Waals surface area (Å²) in [5, 5.41) is 16.6. The molecule has 6 nitrogen and oxygen atoms in total. The van der Waals surface area contributed by atoms with Gasteiger partial charge in [0.2, 0.25) is 5.91 Å². The number of aliphatic hydroxyl groups excluding tert-OH is 1. The van der Waals surface area contributed by atoms with Crippen LogP contribution in [0.3, 0.4) is 0 Å². The first-order valence-corrected chi connectivity index (χ1v) is 8.64. The third-order valence-electron chi connectivity index (χ3n) is 4.63. The molecule has 0 aromatic rings. The largest absolute Gasteiger partial charge is 0.393 e. The lowest BCUT2D eigenvalue weighted by atomic mass is 10.1. The minimum absolute atomic E-state index is 0. The molecular formula is C16H31IN4O2. The first-order chi connectivity index (χ1) is 10.6. The van der Waals surface area contributed by atoms with E-state index in [2.05, 4.69) is 15.6 Å². The molecule has 23 heavy (non-hydrogen) atoms. The van der Waals surface area contributed by atoms with E-state index in [4.69, 9.17) is 0 Å². The fraction of sp³-hybridized carbons (Fsp3) is 0.875. The third kappa shape index (κ3) is 6.10. The van der Waals surface area contributed by atoms with Gasteiger partial charge in [-0.05, 0) is 26.2 Å². The van der Waals surface area contributed by atoms with Crippen molar-refractivity contribution >= 4 is 35.8 Å². The number of rotatable bonds is 5. The van der Waals surface area contributed by atoms with Crippen LogP contribution in [0.5, 0.6) is 0 Å². The van der Waals surface area contributed by atoms with Gasteiger partial charge in [0.05, 0.1) is 6.10 Å². The van der Waals surface area contributed by atoms with Crippen molar-refractivity contribution in [3.05, 3.63) is 0 Å². The van der Waals surface area contributed by atoms with E-state index in [1.165, 1.54) is 0 Å². The highest BCUT2D eigenvalue weighted by Crippen LogP contribution is 2.25.